The Kier molecular flexibility index (Phi) is 6.10. The van der Waals surface area contributed by atoms with Gasteiger partial charge in [-0.1, -0.05) is 12.1 Å². The number of likely N-dealkylation sites (N-methyl/N-ethyl adjacent to an activating group) is 1. The van der Waals surface area contributed by atoms with Gasteiger partial charge in [0.15, 0.2) is 6.61 Å². The molecule has 0 atom stereocenters. The quantitative estimate of drug-likeness (QED) is 0.716. The molecule has 0 aliphatic rings. The van der Waals surface area contributed by atoms with Gasteiger partial charge in [0.1, 0.15) is 12.3 Å². The third kappa shape index (κ3) is 5.36. The van der Waals surface area contributed by atoms with Crippen molar-refractivity contribution in [3.05, 3.63) is 29.8 Å². The first kappa shape index (κ1) is 13.5. The molecule has 0 aliphatic heterocycles. The Morgan fingerprint density at radius 3 is 2.94 bits per heavy atom. The summed E-state index contributed by atoms with van der Waals surface area (Å²) in [5, 5.41) is 4.91. The van der Waals surface area contributed by atoms with E-state index in [0.29, 0.717) is 6.54 Å². The van der Waals surface area contributed by atoms with E-state index in [1.165, 1.54) is 5.56 Å². The highest BCUT2D eigenvalue weighted by atomic mass is 16.5. The van der Waals surface area contributed by atoms with Crippen molar-refractivity contribution >= 4 is 5.91 Å². The molecule has 17 heavy (non-hydrogen) atoms. The molecule has 1 rings (SSSR count). The van der Waals surface area contributed by atoms with Crippen LogP contribution in [0.3, 0.4) is 0 Å². The molecule has 0 radical (unpaired) electrons. The predicted molar refractivity (Wildman–Crippen MR) is 66.8 cm³/mol. The number of benzene rings is 1. The maximum Gasteiger partial charge on any atom is 0.257 e. The van der Waals surface area contributed by atoms with Gasteiger partial charge in [-0.25, -0.2) is 0 Å². The number of quaternary nitrogens is 1. The van der Waals surface area contributed by atoms with E-state index in [-0.39, 0.29) is 12.5 Å². The lowest BCUT2D eigenvalue weighted by Crippen LogP contribution is -2.81. The molecular weight excluding hydrogens is 216 g/mol. The minimum absolute atomic E-state index is 0.0782. The lowest BCUT2D eigenvalue weighted by Gasteiger charge is -2.07. The average molecular weight is 237 g/mol. The van der Waals surface area contributed by atoms with Gasteiger partial charge in [0.05, 0.1) is 6.54 Å². The second-order valence-corrected chi connectivity index (χ2v) is 3.79. The number of ether oxygens (including phenoxy) is 1. The number of hydrogen-bond donors (Lipinski definition) is 2. The molecule has 0 saturated carbocycles. The third-order valence-corrected chi connectivity index (χ3v) is 2.31. The second kappa shape index (κ2) is 7.68. The Morgan fingerprint density at radius 2 is 2.24 bits per heavy atom. The van der Waals surface area contributed by atoms with E-state index in [1.807, 2.05) is 25.1 Å². The van der Waals surface area contributed by atoms with E-state index >= 15 is 0 Å². The fourth-order valence-corrected chi connectivity index (χ4v) is 1.47. The van der Waals surface area contributed by atoms with E-state index < -0.39 is 0 Å². The molecule has 1 aromatic carbocycles. The summed E-state index contributed by atoms with van der Waals surface area (Å²) in [6, 6.07) is 7.86. The standard InChI is InChI=1S/C13H20N2O2/c1-3-14-9-11-6-5-7-12(8-11)17-10-13(16)15-4-2/h5-8,14H,3-4,9-10H2,1-2H3,(H,15,16)/p+1. The minimum atomic E-state index is -0.0852. The Balaban J connectivity index is 2.45. The van der Waals surface area contributed by atoms with Gasteiger partial charge in [-0.05, 0) is 26.0 Å². The van der Waals surface area contributed by atoms with E-state index in [2.05, 4.69) is 23.6 Å². The minimum Gasteiger partial charge on any atom is -0.484 e. The van der Waals surface area contributed by atoms with Gasteiger partial charge in [-0.2, -0.15) is 0 Å². The molecule has 0 aliphatic carbocycles. The molecule has 0 saturated heterocycles. The summed E-state index contributed by atoms with van der Waals surface area (Å²) in [5.74, 6) is 0.663. The Hall–Kier alpha value is -1.55. The van der Waals surface area contributed by atoms with Crippen LogP contribution in [0.15, 0.2) is 24.3 Å². The van der Waals surface area contributed by atoms with E-state index in [0.717, 1.165) is 18.8 Å². The Bertz CT molecular complexity index is 353. The van der Waals surface area contributed by atoms with Gasteiger partial charge in [0.2, 0.25) is 0 Å². The molecule has 1 amide bonds. The Labute approximate surface area is 102 Å². The number of rotatable bonds is 7. The summed E-state index contributed by atoms with van der Waals surface area (Å²) in [5.41, 5.74) is 1.21. The van der Waals surface area contributed by atoms with E-state index in [4.69, 9.17) is 4.74 Å². The van der Waals surface area contributed by atoms with Crippen LogP contribution in [-0.2, 0) is 11.3 Å². The fourth-order valence-electron chi connectivity index (χ4n) is 1.47. The molecule has 0 bridgehead atoms. The maximum absolute atomic E-state index is 11.2. The molecule has 0 heterocycles. The molecular formula is C13H21N2O2+. The molecule has 0 fully saturated rings. The third-order valence-electron chi connectivity index (χ3n) is 2.31. The highest BCUT2D eigenvalue weighted by Crippen LogP contribution is 2.12. The van der Waals surface area contributed by atoms with Crippen molar-refractivity contribution in [1.29, 1.82) is 0 Å². The molecule has 4 heteroatoms. The highest BCUT2D eigenvalue weighted by Gasteiger charge is 2.02. The fraction of sp³-hybridized carbons (Fsp3) is 0.462. The summed E-state index contributed by atoms with van der Waals surface area (Å²) in [4.78, 5) is 11.2. The lowest BCUT2D eigenvalue weighted by molar-refractivity contribution is -0.667. The number of carbonyl (C=O) groups is 1. The highest BCUT2D eigenvalue weighted by molar-refractivity contribution is 5.77. The van der Waals surface area contributed by atoms with Crippen LogP contribution in [0, 0.1) is 0 Å². The number of nitrogens with two attached hydrogens (primary N) is 1. The van der Waals surface area contributed by atoms with Crippen molar-refractivity contribution in [2.75, 3.05) is 19.7 Å². The van der Waals surface area contributed by atoms with Gasteiger partial charge in [0.25, 0.3) is 5.91 Å². The number of carbonyl (C=O) groups excluding carboxylic acids is 1. The van der Waals surface area contributed by atoms with Crippen LogP contribution in [0.2, 0.25) is 0 Å². The summed E-state index contributed by atoms with van der Waals surface area (Å²) < 4.78 is 5.42. The summed E-state index contributed by atoms with van der Waals surface area (Å²) in [7, 11) is 0. The number of amides is 1. The monoisotopic (exact) mass is 237 g/mol. The smallest absolute Gasteiger partial charge is 0.257 e. The summed E-state index contributed by atoms with van der Waals surface area (Å²) in [6.45, 7) is 6.72. The van der Waals surface area contributed by atoms with Crippen molar-refractivity contribution in [2.45, 2.75) is 20.4 Å². The van der Waals surface area contributed by atoms with Crippen molar-refractivity contribution in [3.63, 3.8) is 0 Å². The number of hydrogen-bond acceptors (Lipinski definition) is 2. The molecule has 0 unspecified atom stereocenters. The van der Waals surface area contributed by atoms with Crippen molar-refractivity contribution in [1.82, 2.24) is 5.32 Å². The molecule has 3 N–H and O–H groups in total. The van der Waals surface area contributed by atoms with Gasteiger partial charge in [-0.3, -0.25) is 4.79 Å². The maximum atomic E-state index is 11.2. The van der Waals surface area contributed by atoms with Gasteiger partial charge in [-0.15, -0.1) is 0 Å². The van der Waals surface area contributed by atoms with E-state index in [9.17, 15) is 4.79 Å². The van der Waals surface area contributed by atoms with Gasteiger partial charge in [0, 0.05) is 12.1 Å². The van der Waals surface area contributed by atoms with Crippen molar-refractivity contribution in [3.8, 4) is 5.75 Å². The first-order valence-electron chi connectivity index (χ1n) is 6.06. The van der Waals surface area contributed by atoms with Crippen molar-refractivity contribution in [2.24, 2.45) is 0 Å². The molecule has 0 aromatic heterocycles. The van der Waals surface area contributed by atoms with E-state index in [1.54, 1.807) is 0 Å². The number of nitrogens with one attached hydrogen (secondary N) is 1. The first-order valence-corrected chi connectivity index (χ1v) is 6.06. The van der Waals surface area contributed by atoms with Crippen LogP contribution < -0.4 is 15.4 Å². The summed E-state index contributed by atoms with van der Waals surface area (Å²) in [6.07, 6.45) is 0. The second-order valence-electron chi connectivity index (χ2n) is 3.79. The SMILES string of the molecule is CCNC(=O)COc1cccc(C[NH2+]CC)c1. The topological polar surface area (TPSA) is 54.9 Å². The van der Waals surface area contributed by atoms with Crippen LogP contribution in [-0.4, -0.2) is 25.6 Å². The zero-order chi connectivity index (χ0) is 12.5. The molecule has 1 aromatic rings. The van der Waals surface area contributed by atoms with Gasteiger partial charge >= 0.3 is 0 Å². The van der Waals surface area contributed by atoms with Crippen molar-refractivity contribution < 1.29 is 14.8 Å². The van der Waals surface area contributed by atoms with Crippen LogP contribution in [0.4, 0.5) is 0 Å². The van der Waals surface area contributed by atoms with Crippen LogP contribution in [0.5, 0.6) is 5.75 Å². The van der Waals surface area contributed by atoms with Gasteiger partial charge < -0.3 is 15.4 Å². The largest absolute Gasteiger partial charge is 0.484 e. The zero-order valence-corrected chi connectivity index (χ0v) is 10.5. The Morgan fingerprint density at radius 1 is 1.41 bits per heavy atom. The zero-order valence-electron chi connectivity index (χ0n) is 10.5. The average Bonchev–Trinajstić information content (AvgIpc) is 2.35. The lowest BCUT2D eigenvalue weighted by atomic mass is 10.2. The normalized spacial score (nSPS) is 10.0. The summed E-state index contributed by atoms with van der Waals surface area (Å²) >= 11 is 0. The molecule has 4 nitrogen and oxygen atoms in total. The first-order chi connectivity index (χ1) is 8.26. The predicted octanol–water partition coefficient (Wildman–Crippen LogP) is 0.285. The molecule has 0 spiro atoms. The van der Waals surface area contributed by atoms with Crippen LogP contribution >= 0.6 is 0 Å². The van der Waals surface area contributed by atoms with Crippen LogP contribution in [0.1, 0.15) is 19.4 Å². The molecule has 94 valence electrons. The van der Waals surface area contributed by atoms with Crippen LogP contribution in [0.25, 0.3) is 0 Å².